The van der Waals surface area contributed by atoms with E-state index in [1.165, 1.54) is 0 Å². The summed E-state index contributed by atoms with van der Waals surface area (Å²) in [4.78, 5) is 15.0. The first-order valence-corrected chi connectivity index (χ1v) is 4.36. The molecule has 1 aromatic heterocycles. The molecule has 1 aliphatic heterocycles. The minimum absolute atomic E-state index is 0.205. The van der Waals surface area contributed by atoms with Crippen molar-refractivity contribution in [1.29, 1.82) is 0 Å². The van der Waals surface area contributed by atoms with Gasteiger partial charge in [-0.15, -0.1) is 0 Å². The number of carbonyl (C=O) groups excluding carboxylic acids is 1. The Bertz CT molecular complexity index is 358. The van der Waals surface area contributed by atoms with Crippen LogP contribution in [0.15, 0.2) is 12.3 Å². The molecule has 13 heavy (non-hydrogen) atoms. The molecule has 3 heteroatoms. The first kappa shape index (κ1) is 8.23. The second-order valence-corrected chi connectivity index (χ2v) is 3.54. The van der Waals surface area contributed by atoms with Gasteiger partial charge in [0.1, 0.15) is 0 Å². The van der Waals surface area contributed by atoms with Gasteiger partial charge < -0.3 is 4.74 Å². The molecule has 0 bridgehead atoms. The van der Waals surface area contributed by atoms with Crippen LogP contribution in [0.1, 0.15) is 30.9 Å². The summed E-state index contributed by atoms with van der Waals surface area (Å²) in [7, 11) is 0. The lowest BCUT2D eigenvalue weighted by Crippen LogP contribution is -2.00. The zero-order valence-corrected chi connectivity index (χ0v) is 7.70. The fourth-order valence-electron chi connectivity index (χ4n) is 1.35. The highest BCUT2D eigenvalue weighted by atomic mass is 16.5. The molecule has 1 aromatic rings. The Kier molecular flexibility index (Phi) is 1.79. The van der Waals surface area contributed by atoms with Crippen molar-refractivity contribution < 1.29 is 9.53 Å². The van der Waals surface area contributed by atoms with Gasteiger partial charge in [-0.3, -0.25) is 4.79 Å². The monoisotopic (exact) mass is 177 g/mol. The lowest BCUT2D eigenvalue weighted by molar-refractivity contribution is -0.132. The van der Waals surface area contributed by atoms with E-state index >= 15 is 0 Å². The second-order valence-electron chi connectivity index (χ2n) is 3.54. The molecule has 0 saturated heterocycles. The van der Waals surface area contributed by atoms with Gasteiger partial charge >= 0.3 is 5.97 Å². The van der Waals surface area contributed by atoms with Crippen LogP contribution in [0.3, 0.4) is 0 Å². The minimum Gasteiger partial charge on any atom is -0.407 e. The molecule has 0 radical (unpaired) electrons. The largest absolute Gasteiger partial charge is 0.407 e. The molecule has 0 aromatic carbocycles. The van der Waals surface area contributed by atoms with E-state index in [4.69, 9.17) is 4.74 Å². The van der Waals surface area contributed by atoms with Crippen LogP contribution in [0.4, 0.5) is 0 Å². The average Bonchev–Trinajstić information content (AvgIpc) is 2.42. The zero-order valence-electron chi connectivity index (χ0n) is 7.70. The number of hydrogen-bond donors (Lipinski definition) is 0. The van der Waals surface area contributed by atoms with Crippen LogP contribution < -0.4 is 4.74 Å². The third-order valence-electron chi connectivity index (χ3n) is 2.16. The standard InChI is InChI=1S/C10H11NO2/c1-6(2)8-3-7-4-9(12)13-10(7)11-5-8/h3,5-6H,4H2,1-2H3. The molecule has 0 saturated carbocycles. The molecule has 68 valence electrons. The molecular formula is C10H11NO2. The number of nitrogens with zero attached hydrogens (tertiary/aromatic N) is 1. The van der Waals surface area contributed by atoms with E-state index in [0.29, 0.717) is 18.2 Å². The molecule has 2 rings (SSSR count). The lowest BCUT2D eigenvalue weighted by atomic mass is 10.0. The van der Waals surface area contributed by atoms with Crippen LogP contribution in [0, 0.1) is 0 Å². The number of carbonyl (C=O) groups is 1. The SMILES string of the molecule is CC(C)c1cnc2c(c1)CC(=O)O2. The maximum Gasteiger partial charge on any atom is 0.317 e. The molecule has 0 fully saturated rings. The first-order valence-electron chi connectivity index (χ1n) is 4.36. The summed E-state index contributed by atoms with van der Waals surface area (Å²) in [5.74, 6) is 0.714. The van der Waals surface area contributed by atoms with Crippen molar-refractivity contribution in [2.24, 2.45) is 0 Å². The Labute approximate surface area is 76.7 Å². The van der Waals surface area contributed by atoms with Crippen molar-refractivity contribution in [3.63, 3.8) is 0 Å². The summed E-state index contributed by atoms with van der Waals surface area (Å²) in [5, 5.41) is 0. The van der Waals surface area contributed by atoms with Gasteiger partial charge in [0.25, 0.3) is 0 Å². The van der Waals surface area contributed by atoms with Gasteiger partial charge in [-0.1, -0.05) is 13.8 Å². The topological polar surface area (TPSA) is 39.2 Å². The van der Waals surface area contributed by atoms with Crippen molar-refractivity contribution in [3.05, 3.63) is 23.4 Å². The maximum atomic E-state index is 10.9. The number of ether oxygens (including phenoxy) is 1. The van der Waals surface area contributed by atoms with E-state index in [0.717, 1.165) is 11.1 Å². The average molecular weight is 177 g/mol. The zero-order chi connectivity index (χ0) is 9.42. The van der Waals surface area contributed by atoms with Crippen molar-refractivity contribution in [2.45, 2.75) is 26.2 Å². The van der Waals surface area contributed by atoms with Crippen LogP contribution >= 0.6 is 0 Å². The van der Waals surface area contributed by atoms with Crippen molar-refractivity contribution >= 4 is 5.97 Å². The first-order chi connectivity index (χ1) is 6.16. The Balaban J connectivity index is 2.40. The van der Waals surface area contributed by atoms with Crippen LogP contribution in [0.5, 0.6) is 5.88 Å². The number of pyridine rings is 1. The molecule has 0 amide bonds. The molecule has 0 atom stereocenters. The number of esters is 1. The molecule has 1 aliphatic rings. The fraction of sp³-hybridized carbons (Fsp3) is 0.400. The summed E-state index contributed by atoms with van der Waals surface area (Å²) < 4.78 is 4.89. The number of aromatic nitrogens is 1. The number of rotatable bonds is 1. The Morgan fingerprint density at radius 2 is 2.31 bits per heavy atom. The second kappa shape index (κ2) is 2.83. The highest BCUT2D eigenvalue weighted by Crippen LogP contribution is 2.26. The van der Waals surface area contributed by atoms with Gasteiger partial charge in [0.05, 0.1) is 6.42 Å². The van der Waals surface area contributed by atoms with Crippen LogP contribution in [0.2, 0.25) is 0 Å². The van der Waals surface area contributed by atoms with Gasteiger partial charge in [-0.05, 0) is 17.5 Å². The van der Waals surface area contributed by atoms with Crippen LogP contribution in [-0.4, -0.2) is 11.0 Å². The Morgan fingerprint density at radius 1 is 1.54 bits per heavy atom. The van der Waals surface area contributed by atoms with E-state index in [9.17, 15) is 4.79 Å². The summed E-state index contributed by atoms with van der Waals surface area (Å²) in [6.07, 6.45) is 2.13. The predicted octanol–water partition coefficient (Wildman–Crippen LogP) is 1.67. The van der Waals surface area contributed by atoms with Gasteiger partial charge in [0.15, 0.2) is 0 Å². The Hall–Kier alpha value is -1.38. The van der Waals surface area contributed by atoms with E-state index in [1.54, 1.807) is 6.20 Å². The van der Waals surface area contributed by atoms with E-state index in [-0.39, 0.29) is 5.97 Å². The van der Waals surface area contributed by atoms with Crippen molar-refractivity contribution in [1.82, 2.24) is 4.98 Å². The third kappa shape index (κ3) is 1.41. The van der Waals surface area contributed by atoms with Gasteiger partial charge in [-0.2, -0.15) is 0 Å². The van der Waals surface area contributed by atoms with Crippen LogP contribution in [0.25, 0.3) is 0 Å². The highest BCUT2D eigenvalue weighted by molar-refractivity contribution is 5.80. The summed E-state index contributed by atoms with van der Waals surface area (Å²) >= 11 is 0. The van der Waals surface area contributed by atoms with E-state index in [1.807, 2.05) is 6.07 Å². The van der Waals surface area contributed by atoms with Gasteiger partial charge in [-0.25, -0.2) is 4.98 Å². The van der Waals surface area contributed by atoms with Crippen LogP contribution in [-0.2, 0) is 11.2 Å². The van der Waals surface area contributed by atoms with E-state index in [2.05, 4.69) is 18.8 Å². The molecule has 0 spiro atoms. The van der Waals surface area contributed by atoms with Crippen molar-refractivity contribution in [3.8, 4) is 5.88 Å². The summed E-state index contributed by atoms with van der Waals surface area (Å²) in [6, 6.07) is 2.00. The fourth-order valence-corrected chi connectivity index (χ4v) is 1.35. The normalized spacial score (nSPS) is 14.5. The van der Waals surface area contributed by atoms with Crippen molar-refractivity contribution in [2.75, 3.05) is 0 Å². The molecule has 0 aliphatic carbocycles. The number of fused-ring (bicyclic) bond motifs is 1. The quantitative estimate of drug-likeness (QED) is 0.612. The third-order valence-corrected chi connectivity index (χ3v) is 2.16. The summed E-state index contributed by atoms with van der Waals surface area (Å²) in [5.41, 5.74) is 2.06. The molecule has 3 nitrogen and oxygen atoms in total. The molecular weight excluding hydrogens is 166 g/mol. The lowest BCUT2D eigenvalue weighted by Gasteiger charge is -2.04. The molecule has 2 heterocycles. The summed E-state index contributed by atoms with van der Waals surface area (Å²) in [6.45, 7) is 4.20. The number of hydrogen-bond acceptors (Lipinski definition) is 3. The van der Waals surface area contributed by atoms with Gasteiger partial charge in [0.2, 0.25) is 5.88 Å². The predicted molar refractivity (Wildman–Crippen MR) is 47.7 cm³/mol. The van der Waals surface area contributed by atoms with E-state index < -0.39 is 0 Å². The maximum absolute atomic E-state index is 10.9. The Morgan fingerprint density at radius 3 is 3.00 bits per heavy atom. The molecule has 0 N–H and O–H groups in total. The smallest absolute Gasteiger partial charge is 0.317 e. The molecule has 0 unspecified atom stereocenters. The minimum atomic E-state index is -0.205. The van der Waals surface area contributed by atoms with Gasteiger partial charge in [0, 0.05) is 11.8 Å². The highest BCUT2D eigenvalue weighted by Gasteiger charge is 2.21.